The molecule has 2 N–H and O–H groups in total. The molecule has 0 aromatic heterocycles. The summed E-state index contributed by atoms with van der Waals surface area (Å²) in [5.74, 6) is 0.0599. The van der Waals surface area contributed by atoms with Gasteiger partial charge in [-0.05, 0) is 38.9 Å². The maximum absolute atomic E-state index is 12.1. The van der Waals surface area contributed by atoms with Gasteiger partial charge in [-0.2, -0.15) is 0 Å². The molecule has 0 saturated heterocycles. The Hall–Kier alpha value is -1.35. The first-order valence-corrected chi connectivity index (χ1v) is 5.60. The Labute approximate surface area is 97.2 Å². The predicted molar refractivity (Wildman–Crippen MR) is 66.4 cm³/mol. The normalized spacial score (nSPS) is 12.2. The monoisotopic (exact) mass is 220 g/mol. The highest BCUT2D eigenvalue weighted by Gasteiger charge is 2.16. The van der Waals surface area contributed by atoms with Gasteiger partial charge >= 0.3 is 0 Å². The molecule has 3 nitrogen and oxygen atoms in total. The molecular weight excluding hydrogens is 200 g/mol. The summed E-state index contributed by atoms with van der Waals surface area (Å²) < 4.78 is 0. The lowest BCUT2D eigenvalue weighted by Crippen LogP contribution is -2.36. The number of hydrogen-bond acceptors (Lipinski definition) is 2. The number of carbonyl (C=O) groups excluding carboxylic acids is 1. The maximum atomic E-state index is 12.1. The Morgan fingerprint density at radius 3 is 2.75 bits per heavy atom. The summed E-state index contributed by atoms with van der Waals surface area (Å²) in [5.41, 5.74) is 7.34. The summed E-state index contributed by atoms with van der Waals surface area (Å²) in [5, 5.41) is 0. The number of carbonyl (C=O) groups is 1. The first-order chi connectivity index (χ1) is 7.56. The lowest BCUT2D eigenvalue weighted by atomic mass is 10.1. The van der Waals surface area contributed by atoms with Crippen molar-refractivity contribution in [1.82, 2.24) is 4.90 Å². The Morgan fingerprint density at radius 1 is 1.50 bits per heavy atom. The van der Waals surface area contributed by atoms with Crippen LogP contribution in [0.1, 0.15) is 29.3 Å². The lowest BCUT2D eigenvalue weighted by Gasteiger charge is -2.24. The van der Waals surface area contributed by atoms with Gasteiger partial charge in [0.05, 0.1) is 0 Å². The molecule has 0 aliphatic carbocycles. The standard InChI is InChI=1S/C13H20N2O/c1-10-5-4-6-12(9-10)13(16)15(3)11(2)7-8-14/h4-6,9,11H,7-8,14H2,1-3H3. The maximum Gasteiger partial charge on any atom is 0.253 e. The largest absolute Gasteiger partial charge is 0.339 e. The second kappa shape index (κ2) is 5.66. The van der Waals surface area contributed by atoms with Crippen molar-refractivity contribution < 1.29 is 4.79 Å². The van der Waals surface area contributed by atoms with Crippen LogP contribution in [0.2, 0.25) is 0 Å². The van der Waals surface area contributed by atoms with Gasteiger partial charge in [-0.15, -0.1) is 0 Å². The van der Waals surface area contributed by atoms with E-state index in [4.69, 9.17) is 5.73 Å². The topological polar surface area (TPSA) is 46.3 Å². The highest BCUT2D eigenvalue weighted by atomic mass is 16.2. The van der Waals surface area contributed by atoms with E-state index in [2.05, 4.69) is 0 Å². The molecule has 0 aliphatic rings. The first-order valence-electron chi connectivity index (χ1n) is 5.60. The molecular formula is C13H20N2O. The third-order valence-corrected chi connectivity index (χ3v) is 2.83. The third kappa shape index (κ3) is 3.07. The Balaban J connectivity index is 2.77. The summed E-state index contributed by atoms with van der Waals surface area (Å²) in [6, 6.07) is 7.83. The van der Waals surface area contributed by atoms with E-state index in [1.807, 2.05) is 45.2 Å². The van der Waals surface area contributed by atoms with Crippen LogP contribution in [0.5, 0.6) is 0 Å². The average Bonchev–Trinajstić information content (AvgIpc) is 2.27. The van der Waals surface area contributed by atoms with Gasteiger partial charge in [0.25, 0.3) is 5.91 Å². The number of rotatable bonds is 4. The average molecular weight is 220 g/mol. The van der Waals surface area contributed by atoms with E-state index >= 15 is 0 Å². The molecule has 3 heteroatoms. The number of nitrogens with zero attached hydrogens (tertiary/aromatic N) is 1. The molecule has 1 amide bonds. The van der Waals surface area contributed by atoms with Crippen LogP contribution in [-0.2, 0) is 0 Å². The van der Waals surface area contributed by atoms with Crippen LogP contribution in [0.4, 0.5) is 0 Å². The molecule has 0 spiro atoms. The van der Waals surface area contributed by atoms with E-state index in [1.54, 1.807) is 4.90 Å². The van der Waals surface area contributed by atoms with Gasteiger partial charge in [0.2, 0.25) is 0 Å². The molecule has 0 saturated carbocycles. The second-order valence-corrected chi connectivity index (χ2v) is 4.21. The van der Waals surface area contributed by atoms with Gasteiger partial charge < -0.3 is 10.6 Å². The van der Waals surface area contributed by atoms with Crippen molar-refractivity contribution in [3.63, 3.8) is 0 Å². The molecule has 1 rings (SSSR count). The van der Waals surface area contributed by atoms with Gasteiger partial charge in [-0.3, -0.25) is 4.79 Å². The van der Waals surface area contributed by atoms with E-state index in [1.165, 1.54) is 0 Å². The molecule has 1 aromatic rings. The van der Waals surface area contributed by atoms with Crippen LogP contribution in [0.3, 0.4) is 0 Å². The molecule has 88 valence electrons. The third-order valence-electron chi connectivity index (χ3n) is 2.83. The van der Waals surface area contributed by atoms with E-state index in [-0.39, 0.29) is 11.9 Å². The van der Waals surface area contributed by atoms with E-state index in [0.717, 1.165) is 17.5 Å². The van der Waals surface area contributed by atoms with Crippen LogP contribution in [0, 0.1) is 6.92 Å². The Morgan fingerprint density at radius 2 is 2.19 bits per heavy atom. The number of hydrogen-bond donors (Lipinski definition) is 1. The van der Waals surface area contributed by atoms with Crippen molar-refractivity contribution in [3.8, 4) is 0 Å². The first kappa shape index (κ1) is 12.7. The molecule has 0 heterocycles. The zero-order chi connectivity index (χ0) is 12.1. The van der Waals surface area contributed by atoms with Crippen LogP contribution < -0.4 is 5.73 Å². The molecule has 0 fully saturated rings. The fourth-order valence-corrected chi connectivity index (χ4v) is 1.62. The van der Waals surface area contributed by atoms with Crippen molar-refractivity contribution >= 4 is 5.91 Å². The minimum Gasteiger partial charge on any atom is -0.339 e. The van der Waals surface area contributed by atoms with Crippen molar-refractivity contribution in [3.05, 3.63) is 35.4 Å². The van der Waals surface area contributed by atoms with Gasteiger partial charge in [-0.1, -0.05) is 17.7 Å². The number of benzene rings is 1. The van der Waals surface area contributed by atoms with E-state index in [9.17, 15) is 4.79 Å². The second-order valence-electron chi connectivity index (χ2n) is 4.21. The highest BCUT2D eigenvalue weighted by Crippen LogP contribution is 2.10. The van der Waals surface area contributed by atoms with E-state index in [0.29, 0.717) is 6.54 Å². The van der Waals surface area contributed by atoms with Gasteiger partial charge in [0, 0.05) is 18.7 Å². The Kier molecular flexibility index (Phi) is 4.50. The molecule has 16 heavy (non-hydrogen) atoms. The quantitative estimate of drug-likeness (QED) is 0.841. The van der Waals surface area contributed by atoms with Gasteiger partial charge in [0.15, 0.2) is 0 Å². The molecule has 1 atom stereocenters. The summed E-state index contributed by atoms with van der Waals surface area (Å²) in [4.78, 5) is 13.8. The Bertz CT molecular complexity index is 363. The fraction of sp³-hybridized carbons (Fsp3) is 0.462. The van der Waals surface area contributed by atoms with Crippen molar-refractivity contribution in [2.24, 2.45) is 5.73 Å². The van der Waals surface area contributed by atoms with Crippen LogP contribution in [0.25, 0.3) is 0 Å². The number of aryl methyl sites for hydroxylation is 1. The zero-order valence-electron chi connectivity index (χ0n) is 10.2. The molecule has 0 aliphatic heterocycles. The van der Waals surface area contributed by atoms with E-state index < -0.39 is 0 Å². The summed E-state index contributed by atoms with van der Waals surface area (Å²) in [6.07, 6.45) is 0.827. The smallest absolute Gasteiger partial charge is 0.253 e. The molecule has 0 bridgehead atoms. The molecule has 1 aromatic carbocycles. The van der Waals surface area contributed by atoms with Crippen LogP contribution in [-0.4, -0.2) is 30.4 Å². The van der Waals surface area contributed by atoms with Crippen LogP contribution >= 0.6 is 0 Å². The summed E-state index contributed by atoms with van der Waals surface area (Å²) in [6.45, 7) is 4.60. The molecule has 0 radical (unpaired) electrons. The molecule has 1 unspecified atom stereocenters. The van der Waals surface area contributed by atoms with Crippen molar-refractivity contribution in [2.45, 2.75) is 26.3 Å². The minimum atomic E-state index is 0.0599. The number of nitrogens with two attached hydrogens (primary N) is 1. The van der Waals surface area contributed by atoms with Crippen molar-refractivity contribution in [2.75, 3.05) is 13.6 Å². The van der Waals surface area contributed by atoms with Gasteiger partial charge in [0.1, 0.15) is 0 Å². The SMILES string of the molecule is Cc1cccc(C(=O)N(C)C(C)CCN)c1. The summed E-state index contributed by atoms with van der Waals surface area (Å²) >= 11 is 0. The summed E-state index contributed by atoms with van der Waals surface area (Å²) in [7, 11) is 1.82. The van der Waals surface area contributed by atoms with Gasteiger partial charge in [-0.25, -0.2) is 0 Å². The lowest BCUT2D eigenvalue weighted by molar-refractivity contribution is 0.0739. The van der Waals surface area contributed by atoms with Crippen molar-refractivity contribution in [1.29, 1.82) is 0 Å². The number of amides is 1. The predicted octanol–water partition coefficient (Wildman–Crippen LogP) is 1.80. The minimum absolute atomic E-state index is 0.0599. The fourth-order valence-electron chi connectivity index (χ4n) is 1.62. The zero-order valence-corrected chi connectivity index (χ0v) is 10.2. The highest BCUT2D eigenvalue weighted by molar-refractivity contribution is 5.94. The van der Waals surface area contributed by atoms with Crippen LogP contribution in [0.15, 0.2) is 24.3 Å².